The Morgan fingerprint density at radius 1 is 1.44 bits per heavy atom. The van der Waals surface area contributed by atoms with Crippen molar-refractivity contribution < 1.29 is 0 Å². The zero-order chi connectivity index (χ0) is 13.0. The van der Waals surface area contributed by atoms with Crippen LogP contribution >= 0.6 is 15.9 Å². The Morgan fingerprint density at radius 2 is 2.28 bits per heavy atom. The maximum atomic E-state index is 4.02. The second kappa shape index (κ2) is 6.01. The Hall–Kier alpha value is -1.34. The molecule has 0 aliphatic heterocycles. The van der Waals surface area contributed by atoms with Gasteiger partial charge in [0.15, 0.2) is 4.60 Å². The Balaban J connectivity index is 2.37. The van der Waals surface area contributed by atoms with Crippen LogP contribution in [0.5, 0.6) is 0 Å². The number of aromatic nitrogens is 5. The van der Waals surface area contributed by atoms with Gasteiger partial charge in [0.1, 0.15) is 0 Å². The minimum absolute atomic E-state index is 0.00910. The molecule has 2 aromatic rings. The van der Waals surface area contributed by atoms with Gasteiger partial charge in [0.2, 0.25) is 0 Å². The fourth-order valence-electron chi connectivity index (χ4n) is 1.78. The molecule has 7 heteroatoms. The van der Waals surface area contributed by atoms with Crippen LogP contribution in [0.4, 0.5) is 0 Å². The average molecular weight is 311 g/mol. The second-order valence-corrected chi connectivity index (χ2v) is 4.70. The van der Waals surface area contributed by atoms with Crippen molar-refractivity contribution in [1.82, 2.24) is 30.5 Å². The van der Waals surface area contributed by atoms with Crippen molar-refractivity contribution in [3.63, 3.8) is 0 Å². The van der Waals surface area contributed by atoms with E-state index in [-0.39, 0.29) is 6.04 Å². The first-order chi connectivity index (χ1) is 8.74. The first-order valence-electron chi connectivity index (χ1n) is 5.79. The van der Waals surface area contributed by atoms with Gasteiger partial charge in [-0.1, -0.05) is 12.1 Å². The van der Waals surface area contributed by atoms with Gasteiger partial charge < -0.3 is 5.32 Å². The van der Waals surface area contributed by atoms with Gasteiger partial charge in [-0.25, -0.2) is 4.68 Å². The molecule has 2 rings (SSSR count). The van der Waals surface area contributed by atoms with Crippen LogP contribution < -0.4 is 5.32 Å². The van der Waals surface area contributed by atoms with Crippen molar-refractivity contribution in [3.8, 4) is 0 Å². The summed E-state index contributed by atoms with van der Waals surface area (Å²) in [5.74, 6) is 0. The van der Waals surface area contributed by atoms with Crippen LogP contribution in [-0.4, -0.2) is 31.7 Å². The van der Waals surface area contributed by atoms with Crippen LogP contribution in [0.3, 0.4) is 0 Å². The van der Waals surface area contributed by atoms with Gasteiger partial charge in [-0.3, -0.25) is 0 Å². The minimum Gasteiger partial charge on any atom is -0.305 e. The van der Waals surface area contributed by atoms with Crippen molar-refractivity contribution in [2.24, 2.45) is 7.05 Å². The predicted molar refractivity (Wildman–Crippen MR) is 70.9 cm³/mol. The molecule has 0 aliphatic rings. The third kappa shape index (κ3) is 2.73. The van der Waals surface area contributed by atoms with Gasteiger partial charge >= 0.3 is 0 Å². The molecule has 6 nitrogen and oxygen atoms in total. The molecule has 0 aliphatic carbocycles. The summed E-state index contributed by atoms with van der Waals surface area (Å²) in [4.78, 5) is 0. The minimum atomic E-state index is 0.00910. The van der Waals surface area contributed by atoms with E-state index < -0.39 is 0 Å². The highest BCUT2D eigenvalue weighted by Crippen LogP contribution is 2.25. The number of rotatable bonds is 5. The molecule has 0 spiro atoms. The summed E-state index contributed by atoms with van der Waals surface area (Å²) in [6.45, 7) is 3.04. The molecule has 2 aromatic heterocycles. The Morgan fingerprint density at radius 3 is 2.83 bits per heavy atom. The Kier molecular flexibility index (Phi) is 4.38. The summed E-state index contributed by atoms with van der Waals surface area (Å²) >= 11 is 3.44. The molecular formula is C11H15BrN6. The number of nitrogens with one attached hydrogen (secondary N) is 1. The van der Waals surface area contributed by atoms with E-state index in [4.69, 9.17) is 0 Å². The smallest absolute Gasteiger partial charge is 0.153 e. The van der Waals surface area contributed by atoms with E-state index in [0.717, 1.165) is 28.8 Å². The molecule has 0 aromatic carbocycles. The number of halogens is 1. The van der Waals surface area contributed by atoms with E-state index in [1.807, 2.05) is 13.1 Å². The zero-order valence-electron chi connectivity index (χ0n) is 10.3. The van der Waals surface area contributed by atoms with E-state index in [1.54, 1.807) is 17.1 Å². The van der Waals surface area contributed by atoms with Gasteiger partial charge in [-0.05, 0) is 40.5 Å². The lowest BCUT2D eigenvalue weighted by Gasteiger charge is -2.18. The Bertz CT molecular complexity index is 478. The van der Waals surface area contributed by atoms with Gasteiger partial charge in [0, 0.05) is 13.2 Å². The zero-order valence-corrected chi connectivity index (χ0v) is 11.9. The van der Waals surface area contributed by atoms with Crippen LogP contribution in [-0.2, 0) is 7.05 Å². The lowest BCUT2D eigenvalue weighted by Crippen LogP contribution is -2.25. The summed E-state index contributed by atoms with van der Waals surface area (Å²) in [5.41, 5.74) is 2.03. The molecule has 0 amide bonds. The van der Waals surface area contributed by atoms with Crippen molar-refractivity contribution in [1.29, 1.82) is 0 Å². The number of aryl methyl sites for hydroxylation is 1. The quantitative estimate of drug-likeness (QED) is 0.905. The molecule has 0 fully saturated rings. The highest BCUT2D eigenvalue weighted by molar-refractivity contribution is 9.10. The molecule has 96 valence electrons. The maximum Gasteiger partial charge on any atom is 0.153 e. The van der Waals surface area contributed by atoms with Crippen LogP contribution in [0.2, 0.25) is 0 Å². The molecular weight excluding hydrogens is 296 g/mol. The third-order valence-electron chi connectivity index (χ3n) is 2.64. The fourth-order valence-corrected chi connectivity index (χ4v) is 2.33. The standard InChI is InChI=1S/C11H15BrN6/c1-3-5-13-9(8-4-6-14-15-7-8)10-11(12)16-17-18(10)2/h4,6-7,9,13H,3,5H2,1-2H3. The van der Waals surface area contributed by atoms with Gasteiger partial charge in [0.25, 0.3) is 0 Å². The van der Waals surface area contributed by atoms with E-state index in [2.05, 4.69) is 48.7 Å². The SMILES string of the molecule is CCCNC(c1ccnnc1)c1c(Br)nnn1C. The second-order valence-electron chi connectivity index (χ2n) is 3.95. The third-order valence-corrected chi connectivity index (χ3v) is 3.20. The lowest BCUT2D eigenvalue weighted by molar-refractivity contribution is 0.547. The molecule has 1 atom stereocenters. The molecule has 18 heavy (non-hydrogen) atoms. The van der Waals surface area contributed by atoms with Crippen molar-refractivity contribution >= 4 is 15.9 Å². The molecule has 1 N–H and O–H groups in total. The average Bonchev–Trinajstić information content (AvgIpc) is 2.72. The molecule has 1 unspecified atom stereocenters. The summed E-state index contributed by atoms with van der Waals surface area (Å²) in [5, 5.41) is 19.2. The van der Waals surface area contributed by atoms with E-state index >= 15 is 0 Å². The molecule has 0 radical (unpaired) electrons. The van der Waals surface area contributed by atoms with Crippen molar-refractivity contribution in [2.45, 2.75) is 19.4 Å². The lowest BCUT2D eigenvalue weighted by atomic mass is 10.1. The molecule has 0 bridgehead atoms. The maximum absolute atomic E-state index is 4.02. The monoisotopic (exact) mass is 310 g/mol. The van der Waals surface area contributed by atoms with Crippen molar-refractivity contribution in [2.75, 3.05) is 6.54 Å². The first-order valence-corrected chi connectivity index (χ1v) is 6.58. The molecule has 0 saturated heterocycles. The number of hydrogen-bond acceptors (Lipinski definition) is 5. The highest BCUT2D eigenvalue weighted by atomic mass is 79.9. The van der Waals surface area contributed by atoms with Gasteiger partial charge in [0.05, 0.1) is 17.9 Å². The molecule has 0 saturated carbocycles. The number of nitrogens with zero attached hydrogens (tertiary/aromatic N) is 5. The summed E-state index contributed by atoms with van der Waals surface area (Å²) < 4.78 is 2.51. The van der Waals surface area contributed by atoms with E-state index in [0.29, 0.717) is 0 Å². The molecule has 2 heterocycles. The normalized spacial score (nSPS) is 12.6. The van der Waals surface area contributed by atoms with Crippen LogP contribution in [0.25, 0.3) is 0 Å². The number of hydrogen-bond donors (Lipinski definition) is 1. The van der Waals surface area contributed by atoms with Crippen LogP contribution in [0.1, 0.15) is 30.6 Å². The van der Waals surface area contributed by atoms with Crippen LogP contribution in [0.15, 0.2) is 23.1 Å². The summed E-state index contributed by atoms with van der Waals surface area (Å²) in [6, 6.07) is 1.95. The first kappa shape index (κ1) is 13.1. The summed E-state index contributed by atoms with van der Waals surface area (Å²) in [6.07, 6.45) is 4.50. The Labute approximate surface area is 114 Å². The summed E-state index contributed by atoms with van der Waals surface area (Å²) in [7, 11) is 1.88. The van der Waals surface area contributed by atoms with Crippen molar-refractivity contribution in [3.05, 3.63) is 34.3 Å². The van der Waals surface area contributed by atoms with Gasteiger partial charge in [-0.15, -0.1) is 5.10 Å². The fraction of sp³-hybridized carbons (Fsp3) is 0.455. The van der Waals surface area contributed by atoms with Gasteiger partial charge in [-0.2, -0.15) is 10.2 Å². The predicted octanol–water partition coefficient (Wildman–Crippen LogP) is 1.46. The largest absolute Gasteiger partial charge is 0.305 e. The topological polar surface area (TPSA) is 68.5 Å². The highest BCUT2D eigenvalue weighted by Gasteiger charge is 2.21. The van der Waals surface area contributed by atoms with E-state index in [9.17, 15) is 0 Å². The van der Waals surface area contributed by atoms with Crippen LogP contribution in [0, 0.1) is 0 Å². The van der Waals surface area contributed by atoms with E-state index in [1.165, 1.54) is 0 Å².